The van der Waals surface area contributed by atoms with Crippen LogP contribution in [0.2, 0.25) is 0 Å². The largest absolute Gasteiger partial charge is 0.482 e. The third-order valence-corrected chi connectivity index (χ3v) is 12.7. The molecule has 288 valence electrons. The standard InChI is InChI=1S/C44H48N2O9/c1-22(2)12-11-16-42(8)20-25-18-30(47)52-38-31(25)36(53-42)26(14-13-23(3)4)37-33(38)35(48)34-32(28(21-45)46-9)27-19-29-41(6,7)55-43(39(27)49,44(29,34)54-37)17-15-24(5)40(50)51-10/h12-13,15,20,27-29,32,34H,11,14,16-19H2,1-8,10H3/b24-15-. The van der Waals surface area contributed by atoms with Crippen molar-refractivity contribution in [2.75, 3.05) is 7.11 Å². The van der Waals surface area contributed by atoms with Crippen LogP contribution in [0.15, 0.2) is 41.0 Å². The number of carbonyl (C=O) groups is 4. The molecule has 11 nitrogen and oxygen atoms in total. The summed E-state index contributed by atoms with van der Waals surface area (Å²) < 4.78 is 32.3. The summed E-state index contributed by atoms with van der Waals surface area (Å²) >= 11 is 0. The van der Waals surface area contributed by atoms with Gasteiger partial charge in [-0.2, -0.15) is 5.26 Å². The Morgan fingerprint density at radius 2 is 1.73 bits per heavy atom. The van der Waals surface area contributed by atoms with E-state index in [-0.39, 0.29) is 47.7 Å². The number of ether oxygens (including phenoxy) is 5. The van der Waals surface area contributed by atoms with Crippen molar-refractivity contribution in [1.82, 2.24) is 0 Å². The van der Waals surface area contributed by atoms with Gasteiger partial charge in [0.2, 0.25) is 0 Å². The lowest BCUT2D eigenvalue weighted by molar-refractivity contribution is -0.211. The second-order valence-electron chi connectivity index (χ2n) is 17.1. The number of carbonyl (C=O) groups excluding carboxylic acids is 4. The Hall–Kier alpha value is -5.00. The summed E-state index contributed by atoms with van der Waals surface area (Å²) in [5.74, 6) is -5.01. The first-order valence-corrected chi connectivity index (χ1v) is 19.0. The molecule has 4 aliphatic heterocycles. The molecule has 8 unspecified atom stereocenters. The number of methoxy groups -OCH3 is 1. The minimum atomic E-state index is -1.78. The lowest BCUT2D eigenvalue weighted by Crippen LogP contribution is -2.79. The molecule has 1 saturated heterocycles. The van der Waals surface area contributed by atoms with Gasteiger partial charge in [-0.3, -0.25) is 19.2 Å². The fourth-order valence-corrected chi connectivity index (χ4v) is 10.4. The highest BCUT2D eigenvalue weighted by molar-refractivity contribution is 6.12. The van der Waals surface area contributed by atoms with Gasteiger partial charge in [-0.05, 0) is 92.7 Å². The van der Waals surface area contributed by atoms with E-state index >= 15 is 9.59 Å². The molecule has 7 aliphatic rings. The molecule has 4 fully saturated rings. The number of nitrogens with zero attached hydrogens (tertiary/aromatic N) is 2. The van der Waals surface area contributed by atoms with E-state index < -0.39 is 69.8 Å². The highest BCUT2D eigenvalue weighted by atomic mass is 16.6. The van der Waals surface area contributed by atoms with Crippen LogP contribution in [0, 0.1) is 41.6 Å². The van der Waals surface area contributed by atoms with E-state index in [2.05, 4.69) is 17.0 Å². The topological polar surface area (TPSA) is 143 Å². The first-order valence-electron chi connectivity index (χ1n) is 19.0. The van der Waals surface area contributed by atoms with Crippen molar-refractivity contribution in [3.05, 3.63) is 69.1 Å². The minimum absolute atomic E-state index is 0.0165. The highest BCUT2D eigenvalue weighted by Gasteiger charge is 2.86. The summed E-state index contributed by atoms with van der Waals surface area (Å²) in [5, 5.41) is 10.4. The predicted octanol–water partition coefficient (Wildman–Crippen LogP) is 7.42. The van der Waals surface area contributed by atoms with Crippen molar-refractivity contribution >= 4 is 29.1 Å². The van der Waals surface area contributed by atoms with Crippen LogP contribution >= 0.6 is 0 Å². The Labute approximate surface area is 322 Å². The molecule has 3 aliphatic carbocycles. The first-order chi connectivity index (χ1) is 25.9. The average Bonchev–Trinajstić information content (AvgIpc) is 3.25. The van der Waals surface area contributed by atoms with Gasteiger partial charge >= 0.3 is 18.0 Å². The van der Waals surface area contributed by atoms with Crippen LogP contribution in [0.25, 0.3) is 10.4 Å². The zero-order valence-electron chi connectivity index (χ0n) is 33.0. The SMILES string of the molecule is [C-]#[N+]C(C#N)C1C2CC3C(C)(C)OC(C/C=C(/C)C(=O)OC)(C2=O)C32Oc3c(CC=C(C)C)c4c5c(c3C(=O)C12)OC(=O)CC5=CC(C)(CCC=C(C)C)O4. The molecule has 4 heterocycles. The zero-order valence-corrected chi connectivity index (χ0v) is 33.0. The molecule has 8 atom stereocenters. The molecule has 0 aromatic heterocycles. The third-order valence-electron chi connectivity index (χ3n) is 12.7. The molecule has 0 N–H and O–H groups in total. The summed E-state index contributed by atoms with van der Waals surface area (Å²) in [6.45, 7) is 23.3. The number of rotatable bonds is 9. The number of allylic oxidation sites excluding steroid dienone is 4. The molecule has 3 saturated carbocycles. The molecule has 4 bridgehead atoms. The van der Waals surface area contributed by atoms with Crippen LogP contribution < -0.4 is 14.2 Å². The third kappa shape index (κ3) is 5.44. The Balaban J connectivity index is 1.55. The summed E-state index contributed by atoms with van der Waals surface area (Å²) in [5.41, 5.74) is -1.07. The van der Waals surface area contributed by atoms with Crippen molar-refractivity contribution in [3.63, 3.8) is 0 Å². The predicted molar refractivity (Wildman–Crippen MR) is 201 cm³/mol. The van der Waals surface area contributed by atoms with Gasteiger partial charge in [0, 0.05) is 29.4 Å². The molecule has 1 aromatic rings. The maximum absolute atomic E-state index is 15.8. The molecule has 0 radical (unpaired) electrons. The van der Waals surface area contributed by atoms with Gasteiger partial charge < -0.3 is 23.7 Å². The molecule has 8 rings (SSSR count). The number of ketones is 2. The van der Waals surface area contributed by atoms with E-state index in [0.717, 1.165) is 12.0 Å². The van der Waals surface area contributed by atoms with Gasteiger partial charge in [-0.1, -0.05) is 29.4 Å². The number of hydrogen-bond acceptors (Lipinski definition) is 10. The highest BCUT2D eigenvalue weighted by Crippen LogP contribution is 2.72. The van der Waals surface area contributed by atoms with Crippen molar-refractivity contribution in [1.29, 1.82) is 5.26 Å². The minimum Gasteiger partial charge on any atom is -0.482 e. The van der Waals surface area contributed by atoms with Gasteiger partial charge in [-0.15, -0.1) is 0 Å². The Morgan fingerprint density at radius 3 is 2.36 bits per heavy atom. The maximum Gasteiger partial charge on any atom is 0.333 e. The molecule has 1 spiro atoms. The van der Waals surface area contributed by atoms with Gasteiger partial charge in [0.05, 0.1) is 36.5 Å². The van der Waals surface area contributed by atoms with Crippen LogP contribution in [0.3, 0.4) is 0 Å². The van der Waals surface area contributed by atoms with E-state index in [1.165, 1.54) is 12.7 Å². The van der Waals surface area contributed by atoms with Gasteiger partial charge in [0.15, 0.2) is 34.6 Å². The number of nitriles is 1. The molecule has 0 amide bonds. The van der Waals surface area contributed by atoms with Crippen LogP contribution in [0.5, 0.6) is 17.2 Å². The molecule has 1 aromatic carbocycles. The second-order valence-corrected chi connectivity index (χ2v) is 17.1. The molecular formula is C44H48N2O9. The van der Waals surface area contributed by atoms with Crippen LogP contribution in [0.4, 0.5) is 0 Å². The lowest BCUT2D eigenvalue weighted by Gasteiger charge is -2.62. The van der Waals surface area contributed by atoms with Gasteiger partial charge in [0.1, 0.15) is 22.7 Å². The summed E-state index contributed by atoms with van der Waals surface area (Å²) in [6.07, 6.45) is 9.42. The molecular weight excluding hydrogens is 700 g/mol. The molecule has 55 heavy (non-hydrogen) atoms. The first kappa shape index (κ1) is 38.3. The lowest BCUT2D eigenvalue weighted by atomic mass is 9.42. The average molecular weight is 749 g/mol. The Morgan fingerprint density at radius 1 is 1.04 bits per heavy atom. The number of esters is 2. The molecule has 11 heteroatoms. The van der Waals surface area contributed by atoms with Crippen molar-refractivity contribution in [2.24, 2.45) is 23.7 Å². The normalized spacial score (nSPS) is 32.2. The second kappa shape index (κ2) is 13.1. The van der Waals surface area contributed by atoms with E-state index in [4.69, 9.17) is 30.3 Å². The number of benzene rings is 1. The number of hydrogen-bond donors (Lipinski definition) is 0. The van der Waals surface area contributed by atoms with E-state index in [9.17, 15) is 14.9 Å². The van der Waals surface area contributed by atoms with Crippen molar-refractivity contribution in [2.45, 2.75) is 122 Å². The summed E-state index contributed by atoms with van der Waals surface area (Å²) in [6, 6.07) is 0.738. The summed E-state index contributed by atoms with van der Waals surface area (Å²) in [4.78, 5) is 60.6. The van der Waals surface area contributed by atoms with Gasteiger partial charge in [-0.25, -0.2) is 11.4 Å². The van der Waals surface area contributed by atoms with E-state index in [1.807, 2.05) is 60.6 Å². The maximum atomic E-state index is 15.8. The van der Waals surface area contributed by atoms with E-state index in [1.54, 1.807) is 13.0 Å². The van der Waals surface area contributed by atoms with Crippen molar-refractivity contribution in [3.8, 4) is 23.3 Å². The fourth-order valence-electron chi connectivity index (χ4n) is 10.4. The van der Waals surface area contributed by atoms with Gasteiger partial charge in [0.25, 0.3) is 0 Å². The quantitative estimate of drug-likeness (QED) is 0.0823. The number of Topliss-reactive ketones (excluding diaryl/α,β-unsaturated/α-hetero) is 2. The number of fused-ring (bicyclic) bond motifs is 2. The van der Waals surface area contributed by atoms with Crippen molar-refractivity contribution < 1.29 is 42.9 Å². The smallest absolute Gasteiger partial charge is 0.333 e. The Bertz CT molecular complexity index is 2140. The summed E-state index contributed by atoms with van der Waals surface area (Å²) in [7, 11) is 1.27. The zero-order chi connectivity index (χ0) is 40.0. The Kier molecular flexibility index (Phi) is 9.09. The van der Waals surface area contributed by atoms with Crippen LogP contribution in [0.1, 0.15) is 109 Å². The van der Waals surface area contributed by atoms with Crippen LogP contribution in [-0.4, -0.2) is 59.1 Å². The fraction of sp³-hybridized carbons (Fsp3) is 0.545. The monoisotopic (exact) mass is 748 g/mol. The van der Waals surface area contributed by atoms with Crippen LogP contribution in [-0.2, 0) is 30.3 Å². The van der Waals surface area contributed by atoms with E-state index in [0.29, 0.717) is 35.3 Å².